The molecular formula is C23H15ClN2O. The number of para-hydroxylation sites is 2. The number of pyridine rings is 1. The van der Waals surface area contributed by atoms with Gasteiger partial charge in [-0.25, -0.2) is 4.98 Å². The van der Waals surface area contributed by atoms with Crippen LogP contribution in [0.15, 0.2) is 78.9 Å². The zero-order valence-corrected chi connectivity index (χ0v) is 15.1. The minimum absolute atomic E-state index is 0.0185. The molecule has 1 aliphatic heterocycles. The lowest BCUT2D eigenvalue weighted by Crippen LogP contribution is -2.22. The maximum atomic E-state index is 13.3. The quantitative estimate of drug-likeness (QED) is 0.452. The highest BCUT2D eigenvalue weighted by atomic mass is 35.5. The molecule has 5 rings (SSSR count). The van der Waals surface area contributed by atoms with Gasteiger partial charge < -0.3 is 4.90 Å². The Balaban J connectivity index is 1.76. The third-order valence-corrected chi connectivity index (χ3v) is 5.21. The van der Waals surface area contributed by atoms with Gasteiger partial charge in [0, 0.05) is 27.2 Å². The first-order valence-electron chi connectivity index (χ1n) is 8.77. The Kier molecular flexibility index (Phi) is 3.69. The number of nitrogens with zero attached hydrogens (tertiary/aromatic N) is 2. The van der Waals surface area contributed by atoms with Crippen LogP contribution in [-0.2, 0) is 6.54 Å². The van der Waals surface area contributed by atoms with Gasteiger partial charge in [0.05, 0.1) is 23.3 Å². The third-order valence-electron chi connectivity index (χ3n) is 4.95. The third kappa shape index (κ3) is 2.59. The molecule has 4 aromatic rings. The van der Waals surface area contributed by atoms with E-state index < -0.39 is 0 Å². The Morgan fingerprint density at radius 3 is 2.33 bits per heavy atom. The summed E-state index contributed by atoms with van der Waals surface area (Å²) >= 11 is 6.06. The molecule has 0 unspecified atom stereocenters. The van der Waals surface area contributed by atoms with E-state index in [1.54, 1.807) is 0 Å². The Bertz CT molecular complexity index is 1170. The van der Waals surface area contributed by atoms with Gasteiger partial charge in [-0.15, -0.1) is 0 Å². The van der Waals surface area contributed by atoms with Crippen LogP contribution in [0.3, 0.4) is 0 Å². The summed E-state index contributed by atoms with van der Waals surface area (Å²) in [6.45, 7) is 0.508. The van der Waals surface area contributed by atoms with E-state index in [1.165, 1.54) is 0 Å². The minimum Gasteiger partial charge on any atom is -0.304 e. The first kappa shape index (κ1) is 16.0. The van der Waals surface area contributed by atoms with Crippen LogP contribution in [0.2, 0.25) is 5.02 Å². The van der Waals surface area contributed by atoms with E-state index in [-0.39, 0.29) is 5.91 Å². The number of aromatic nitrogens is 1. The molecule has 0 aliphatic carbocycles. The largest absolute Gasteiger partial charge is 0.304 e. The molecule has 0 spiro atoms. The molecule has 1 aliphatic rings. The Labute approximate surface area is 161 Å². The van der Waals surface area contributed by atoms with Gasteiger partial charge >= 0.3 is 0 Å². The van der Waals surface area contributed by atoms with E-state index in [0.29, 0.717) is 11.6 Å². The van der Waals surface area contributed by atoms with E-state index in [4.69, 9.17) is 16.6 Å². The second-order valence-electron chi connectivity index (χ2n) is 6.56. The number of amides is 1. The molecule has 3 nitrogen and oxygen atoms in total. The molecule has 0 N–H and O–H groups in total. The molecule has 0 radical (unpaired) electrons. The van der Waals surface area contributed by atoms with Gasteiger partial charge in [0.1, 0.15) is 0 Å². The minimum atomic E-state index is 0.0185. The van der Waals surface area contributed by atoms with Crippen LogP contribution >= 0.6 is 11.6 Å². The van der Waals surface area contributed by atoms with Gasteiger partial charge in [-0.3, -0.25) is 4.79 Å². The number of hydrogen-bond donors (Lipinski definition) is 0. The van der Waals surface area contributed by atoms with Gasteiger partial charge in [0.15, 0.2) is 0 Å². The van der Waals surface area contributed by atoms with Gasteiger partial charge in [-0.05, 0) is 30.3 Å². The zero-order valence-electron chi connectivity index (χ0n) is 14.4. The second kappa shape index (κ2) is 6.22. The number of carbonyl (C=O) groups excluding carboxylic acids is 1. The number of rotatable bonds is 2. The van der Waals surface area contributed by atoms with Crippen molar-refractivity contribution >= 4 is 34.1 Å². The molecule has 1 aromatic heterocycles. The SMILES string of the molecule is O=C1c2c(c(-c3ccc(Cl)cc3)nc3ccccc23)CN1c1ccccc1. The van der Waals surface area contributed by atoms with Crippen LogP contribution in [0.1, 0.15) is 15.9 Å². The topological polar surface area (TPSA) is 33.2 Å². The molecule has 4 heteroatoms. The van der Waals surface area contributed by atoms with Crippen molar-refractivity contribution in [1.29, 1.82) is 0 Å². The zero-order chi connectivity index (χ0) is 18.4. The van der Waals surface area contributed by atoms with Crippen molar-refractivity contribution in [3.05, 3.63) is 95.0 Å². The average molecular weight is 371 g/mol. The normalized spacial score (nSPS) is 13.2. The Morgan fingerprint density at radius 2 is 1.56 bits per heavy atom. The molecule has 0 saturated heterocycles. The number of halogens is 1. The van der Waals surface area contributed by atoms with Crippen molar-refractivity contribution in [2.24, 2.45) is 0 Å². The van der Waals surface area contributed by atoms with Crippen LogP contribution in [0, 0.1) is 0 Å². The molecule has 0 fully saturated rings. The van der Waals surface area contributed by atoms with Gasteiger partial charge in [-0.1, -0.05) is 60.1 Å². The van der Waals surface area contributed by atoms with Crippen LogP contribution < -0.4 is 4.90 Å². The fraction of sp³-hybridized carbons (Fsp3) is 0.0435. The smallest absolute Gasteiger partial charge is 0.259 e. The number of benzene rings is 3. The summed E-state index contributed by atoms with van der Waals surface area (Å²) in [5.41, 5.74) is 5.23. The molecule has 0 bridgehead atoms. The lowest BCUT2D eigenvalue weighted by molar-refractivity contribution is 0.0998. The van der Waals surface area contributed by atoms with E-state index in [1.807, 2.05) is 83.8 Å². The number of anilines is 1. The van der Waals surface area contributed by atoms with Crippen molar-refractivity contribution in [3.63, 3.8) is 0 Å². The number of carbonyl (C=O) groups is 1. The maximum Gasteiger partial charge on any atom is 0.259 e. The highest BCUT2D eigenvalue weighted by molar-refractivity contribution is 6.30. The summed E-state index contributed by atoms with van der Waals surface area (Å²) in [6.07, 6.45) is 0. The summed E-state index contributed by atoms with van der Waals surface area (Å²) in [5.74, 6) is 0.0185. The lowest BCUT2D eigenvalue weighted by Gasteiger charge is -2.15. The molecule has 27 heavy (non-hydrogen) atoms. The Morgan fingerprint density at radius 1 is 0.852 bits per heavy atom. The fourth-order valence-corrected chi connectivity index (χ4v) is 3.80. The van der Waals surface area contributed by atoms with Gasteiger partial charge in [0.25, 0.3) is 5.91 Å². The van der Waals surface area contributed by atoms with Crippen molar-refractivity contribution in [1.82, 2.24) is 4.98 Å². The maximum absolute atomic E-state index is 13.3. The predicted octanol–water partition coefficient (Wildman–Crippen LogP) is 5.72. The van der Waals surface area contributed by atoms with Crippen LogP contribution in [0.5, 0.6) is 0 Å². The van der Waals surface area contributed by atoms with Crippen molar-refractivity contribution in [2.45, 2.75) is 6.54 Å². The Hall–Kier alpha value is -3.17. The van der Waals surface area contributed by atoms with E-state index >= 15 is 0 Å². The summed E-state index contributed by atoms with van der Waals surface area (Å²) in [5, 5.41) is 1.58. The van der Waals surface area contributed by atoms with Gasteiger partial charge in [0.2, 0.25) is 0 Å². The van der Waals surface area contributed by atoms with Crippen molar-refractivity contribution < 1.29 is 4.79 Å². The molecule has 0 saturated carbocycles. The van der Waals surface area contributed by atoms with Crippen molar-refractivity contribution in [3.8, 4) is 11.3 Å². The lowest BCUT2D eigenvalue weighted by atomic mass is 9.99. The summed E-state index contributed by atoms with van der Waals surface area (Å²) < 4.78 is 0. The molecule has 2 heterocycles. The second-order valence-corrected chi connectivity index (χ2v) is 7.00. The number of fused-ring (bicyclic) bond motifs is 3. The van der Waals surface area contributed by atoms with Crippen LogP contribution in [0.25, 0.3) is 22.2 Å². The van der Waals surface area contributed by atoms with Crippen molar-refractivity contribution in [2.75, 3.05) is 4.90 Å². The molecule has 0 atom stereocenters. The molecule has 130 valence electrons. The molecular weight excluding hydrogens is 356 g/mol. The highest BCUT2D eigenvalue weighted by Gasteiger charge is 2.33. The number of hydrogen-bond acceptors (Lipinski definition) is 2. The first-order valence-corrected chi connectivity index (χ1v) is 9.14. The van der Waals surface area contributed by atoms with Gasteiger partial charge in [-0.2, -0.15) is 0 Å². The average Bonchev–Trinajstić information content (AvgIpc) is 3.06. The highest BCUT2D eigenvalue weighted by Crippen LogP contribution is 2.38. The monoisotopic (exact) mass is 370 g/mol. The van der Waals surface area contributed by atoms with E-state index in [0.717, 1.165) is 39.0 Å². The summed E-state index contributed by atoms with van der Waals surface area (Å²) in [6, 6.07) is 25.2. The molecule has 3 aromatic carbocycles. The van der Waals surface area contributed by atoms with E-state index in [9.17, 15) is 4.79 Å². The summed E-state index contributed by atoms with van der Waals surface area (Å²) in [4.78, 5) is 20.0. The predicted molar refractivity (Wildman–Crippen MR) is 109 cm³/mol. The van der Waals surface area contributed by atoms with E-state index in [2.05, 4.69) is 0 Å². The molecule has 1 amide bonds. The fourth-order valence-electron chi connectivity index (χ4n) is 3.68. The standard InChI is InChI=1S/C23H15ClN2O/c24-16-12-10-15(11-13-16)22-19-14-26(17-6-2-1-3-7-17)23(27)21(19)18-8-4-5-9-20(18)25-22/h1-13H,14H2. The summed E-state index contributed by atoms with van der Waals surface area (Å²) in [7, 11) is 0. The first-order chi connectivity index (χ1) is 13.2. The van der Waals surface area contributed by atoms with Crippen LogP contribution in [-0.4, -0.2) is 10.9 Å². The van der Waals surface area contributed by atoms with Crippen LogP contribution in [0.4, 0.5) is 5.69 Å².